The summed E-state index contributed by atoms with van der Waals surface area (Å²) in [4.78, 5) is 5.90. The minimum Gasteiger partial charge on any atom is -0.505 e. The van der Waals surface area contributed by atoms with Crippen molar-refractivity contribution in [2.45, 2.75) is 18.9 Å². The van der Waals surface area contributed by atoms with Gasteiger partial charge in [-0.1, -0.05) is 46.3 Å². The average Bonchev–Trinajstić information content (AvgIpc) is 3.13. The maximum Gasteiger partial charge on any atom is 0.151 e. The Hall–Kier alpha value is -1.91. The molecule has 0 amide bonds. The molecule has 3 nitrogen and oxygen atoms in total. The molecule has 2 aromatic carbocycles. The van der Waals surface area contributed by atoms with Crippen LogP contribution >= 0.6 is 15.9 Å². The first kappa shape index (κ1) is 15.6. The number of fused-ring (bicyclic) bond motifs is 1. The van der Waals surface area contributed by atoms with Gasteiger partial charge >= 0.3 is 0 Å². The number of phenols is 1. The molecule has 1 aliphatic rings. The Morgan fingerprint density at radius 2 is 1.75 bits per heavy atom. The SMILES string of the molecule is Oc1c([C@@H](c2ccccc2Br)[NH+]2CCCC2)ccc2cccnc12. The molecule has 2 N–H and O–H groups in total. The molecular weight excluding hydrogens is 364 g/mol. The lowest BCUT2D eigenvalue weighted by molar-refractivity contribution is -0.913. The molecule has 0 unspecified atom stereocenters. The summed E-state index contributed by atoms with van der Waals surface area (Å²) in [6, 6.07) is 16.5. The number of likely N-dealkylation sites (tertiary alicyclic amines) is 1. The van der Waals surface area contributed by atoms with Crippen molar-refractivity contribution in [3.8, 4) is 5.75 Å². The number of hydrogen-bond donors (Lipinski definition) is 2. The summed E-state index contributed by atoms with van der Waals surface area (Å²) in [5, 5.41) is 11.9. The van der Waals surface area contributed by atoms with Crippen molar-refractivity contribution in [1.82, 2.24) is 4.98 Å². The molecule has 4 rings (SSSR count). The molecule has 1 fully saturated rings. The first-order valence-corrected chi connectivity index (χ1v) is 9.20. The Morgan fingerprint density at radius 1 is 0.958 bits per heavy atom. The summed E-state index contributed by atoms with van der Waals surface area (Å²) in [7, 11) is 0. The van der Waals surface area contributed by atoms with E-state index < -0.39 is 0 Å². The third-order valence-corrected chi connectivity index (χ3v) is 5.68. The zero-order valence-electron chi connectivity index (χ0n) is 13.4. The van der Waals surface area contributed by atoms with Crippen LogP contribution in [0.3, 0.4) is 0 Å². The van der Waals surface area contributed by atoms with Gasteiger partial charge in [-0.25, -0.2) is 0 Å². The van der Waals surface area contributed by atoms with Crippen LogP contribution in [0.2, 0.25) is 0 Å². The molecule has 24 heavy (non-hydrogen) atoms. The van der Waals surface area contributed by atoms with E-state index in [0.717, 1.165) is 28.5 Å². The number of nitrogens with zero attached hydrogens (tertiary/aromatic N) is 1. The first-order chi connectivity index (χ1) is 11.8. The number of rotatable bonds is 3. The van der Waals surface area contributed by atoms with Crippen molar-refractivity contribution in [3.63, 3.8) is 0 Å². The quantitative estimate of drug-likeness (QED) is 0.726. The van der Waals surface area contributed by atoms with Crippen LogP contribution in [0.15, 0.2) is 59.2 Å². The van der Waals surface area contributed by atoms with Crippen molar-refractivity contribution < 1.29 is 10.0 Å². The van der Waals surface area contributed by atoms with E-state index in [1.165, 1.54) is 23.3 Å². The second-order valence-electron chi connectivity index (χ2n) is 6.40. The Kier molecular flexibility index (Phi) is 4.25. The molecule has 1 saturated heterocycles. The fraction of sp³-hybridized carbons (Fsp3) is 0.250. The minimum atomic E-state index is 0.120. The van der Waals surface area contributed by atoms with Gasteiger partial charge in [0.2, 0.25) is 0 Å². The zero-order valence-corrected chi connectivity index (χ0v) is 15.0. The van der Waals surface area contributed by atoms with Crippen LogP contribution in [0.5, 0.6) is 5.75 Å². The molecule has 4 heteroatoms. The topological polar surface area (TPSA) is 37.6 Å². The van der Waals surface area contributed by atoms with Crippen molar-refractivity contribution in [2.75, 3.05) is 13.1 Å². The van der Waals surface area contributed by atoms with Crippen LogP contribution in [0, 0.1) is 0 Å². The normalized spacial score (nSPS) is 16.5. The Morgan fingerprint density at radius 3 is 2.54 bits per heavy atom. The molecule has 1 atom stereocenters. The smallest absolute Gasteiger partial charge is 0.151 e. The van der Waals surface area contributed by atoms with Gasteiger partial charge in [-0.2, -0.15) is 0 Å². The van der Waals surface area contributed by atoms with E-state index in [-0.39, 0.29) is 6.04 Å². The molecule has 122 valence electrons. The lowest BCUT2D eigenvalue weighted by Crippen LogP contribution is -3.10. The summed E-state index contributed by atoms with van der Waals surface area (Å²) in [6.07, 6.45) is 4.22. The number of benzene rings is 2. The highest BCUT2D eigenvalue weighted by atomic mass is 79.9. The standard InChI is InChI=1S/C20H19BrN2O/c21-17-8-2-1-7-15(17)19(23-12-3-4-13-23)16-10-9-14-6-5-11-22-18(14)20(16)24/h1-2,5-11,19,24H,3-4,12-13H2/p+1/t19-/m1/s1. The van der Waals surface area contributed by atoms with Gasteiger partial charge in [0.25, 0.3) is 0 Å². The third kappa shape index (κ3) is 2.70. The van der Waals surface area contributed by atoms with E-state index in [2.05, 4.69) is 51.2 Å². The van der Waals surface area contributed by atoms with E-state index in [1.807, 2.05) is 18.2 Å². The average molecular weight is 384 g/mol. The van der Waals surface area contributed by atoms with Crippen LogP contribution in [-0.4, -0.2) is 23.2 Å². The molecule has 0 aliphatic carbocycles. The molecule has 0 radical (unpaired) electrons. The van der Waals surface area contributed by atoms with E-state index in [4.69, 9.17) is 0 Å². The number of aromatic hydroxyl groups is 1. The number of halogens is 1. The van der Waals surface area contributed by atoms with Crippen LogP contribution < -0.4 is 4.90 Å². The Labute approximate surface area is 150 Å². The third-order valence-electron chi connectivity index (χ3n) is 4.96. The maximum absolute atomic E-state index is 10.9. The number of pyridine rings is 1. The fourth-order valence-electron chi connectivity index (χ4n) is 3.81. The summed E-state index contributed by atoms with van der Waals surface area (Å²) < 4.78 is 1.09. The molecule has 3 aromatic rings. The van der Waals surface area contributed by atoms with Crippen LogP contribution in [0.1, 0.15) is 30.0 Å². The highest BCUT2D eigenvalue weighted by Gasteiger charge is 2.32. The second-order valence-corrected chi connectivity index (χ2v) is 7.25. The number of quaternary nitrogens is 1. The molecule has 0 saturated carbocycles. The lowest BCUT2D eigenvalue weighted by atomic mass is 9.95. The molecule has 1 aromatic heterocycles. The van der Waals surface area contributed by atoms with Crippen molar-refractivity contribution >= 4 is 26.8 Å². The molecular formula is C20H20BrN2O+. The number of aromatic nitrogens is 1. The van der Waals surface area contributed by atoms with Gasteiger partial charge in [-0.15, -0.1) is 0 Å². The molecule has 0 bridgehead atoms. The van der Waals surface area contributed by atoms with E-state index in [0.29, 0.717) is 11.3 Å². The van der Waals surface area contributed by atoms with Gasteiger partial charge in [0, 0.05) is 34.5 Å². The van der Waals surface area contributed by atoms with Crippen molar-refractivity contribution in [1.29, 1.82) is 0 Å². The largest absolute Gasteiger partial charge is 0.505 e. The number of phenolic OH excluding ortho intramolecular Hbond substituents is 1. The molecule has 2 heterocycles. The lowest BCUT2D eigenvalue weighted by Gasteiger charge is -2.27. The van der Waals surface area contributed by atoms with E-state index in [9.17, 15) is 5.11 Å². The highest BCUT2D eigenvalue weighted by molar-refractivity contribution is 9.10. The van der Waals surface area contributed by atoms with Crippen LogP contribution in [-0.2, 0) is 0 Å². The van der Waals surface area contributed by atoms with E-state index >= 15 is 0 Å². The molecule has 1 aliphatic heterocycles. The van der Waals surface area contributed by atoms with Gasteiger partial charge in [0.1, 0.15) is 11.6 Å². The minimum absolute atomic E-state index is 0.120. The highest BCUT2D eigenvalue weighted by Crippen LogP contribution is 2.35. The fourth-order valence-corrected chi connectivity index (χ4v) is 4.33. The van der Waals surface area contributed by atoms with Gasteiger partial charge in [-0.05, 0) is 18.2 Å². The second kappa shape index (κ2) is 6.54. The summed E-state index contributed by atoms with van der Waals surface area (Å²) in [5.74, 6) is 0.313. The maximum atomic E-state index is 10.9. The van der Waals surface area contributed by atoms with Crippen LogP contribution in [0.4, 0.5) is 0 Å². The predicted molar refractivity (Wildman–Crippen MR) is 99.3 cm³/mol. The van der Waals surface area contributed by atoms with Gasteiger partial charge in [0.15, 0.2) is 5.75 Å². The predicted octanol–water partition coefficient (Wildman–Crippen LogP) is 3.47. The summed E-state index contributed by atoms with van der Waals surface area (Å²) in [5.41, 5.74) is 2.87. The van der Waals surface area contributed by atoms with Crippen molar-refractivity contribution in [2.24, 2.45) is 0 Å². The Balaban J connectivity index is 1.91. The van der Waals surface area contributed by atoms with Gasteiger partial charge in [0.05, 0.1) is 18.7 Å². The summed E-state index contributed by atoms with van der Waals surface area (Å²) >= 11 is 3.71. The summed E-state index contributed by atoms with van der Waals surface area (Å²) in [6.45, 7) is 2.26. The number of hydrogen-bond acceptors (Lipinski definition) is 2. The van der Waals surface area contributed by atoms with Gasteiger partial charge in [-0.3, -0.25) is 4.98 Å². The zero-order chi connectivity index (χ0) is 16.5. The van der Waals surface area contributed by atoms with Crippen molar-refractivity contribution in [3.05, 3.63) is 70.3 Å². The molecule has 0 spiro atoms. The number of nitrogens with one attached hydrogen (secondary N) is 1. The monoisotopic (exact) mass is 383 g/mol. The first-order valence-electron chi connectivity index (χ1n) is 8.41. The van der Waals surface area contributed by atoms with E-state index in [1.54, 1.807) is 6.20 Å². The van der Waals surface area contributed by atoms with Crippen LogP contribution in [0.25, 0.3) is 10.9 Å². The Bertz CT molecular complexity index is 874. The van der Waals surface area contributed by atoms with Gasteiger partial charge < -0.3 is 10.0 Å².